The molecule has 1 heterocycles. The highest BCUT2D eigenvalue weighted by atomic mass is 16.5. The van der Waals surface area contributed by atoms with E-state index in [9.17, 15) is 4.79 Å². The molecule has 0 bridgehead atoms. The minimum absolute atomic E-state index is 0.00495. The summed E-state index contributed by atoms with van der Waals surface area (Å²) in [4.78, 5) is 11.1. The summed E-state index contributed by atoms with van der Waals surface area (Å²) in [7, 11) is 0. The Morgan fingerprint density at radius 1 is 1.31 bits per heavy atom. The first kappa shape index (κ1) is 9.20. The predicted molar refractivity (Wildman–Crippen MR) is 50.6 cm³/mol. The molecule has 74 valence electrons. The Balaban J connectivity index is 1.92. The predicted octanol–water partition coefficient (Wildman–Crippen LogP) is 2.31. The molecule has 1 aliphatic heterocycles. The molecule has 2 aliphatic rings. The first-order valence-electron chi connectivity index (χ1n) is 5.43. The third kappa shape index (κ3) is 1.93. The van der Waals surface area contributed by atoms with E-state index >= 15 is 0 Å². The van der Waals surface area contributed by atoms with E-state index in [1.165, 1.54) is 25.5 Å². The third-order valence-corrected chi connectivity index (χ3v) is 3.51. The first-order valence-corrected chi connectivity index (χ1v) is 5.43. The van der Waals surface area contributed by atoms with E-state index in [-0.39, 0.29) is 5.41 Å². The van der Waals surface area contributed by atoms with Gasteiger partial charge in [-0.05, 0) is 32.1 Å². The van der Waals surface area contributed by atoms with Crippen LogP contribution in [0.25, 0.3) is 0 Å². The summed E-state index contributed by atoms with van der Waals surface area (Å²) in [6, 6.07) is 0. The second-order valence-corrected chi connectivity index (χ2v) is 4.53. The monoisotopic (exact) mass is 182 g/mol. The van der Waals surface area contributed by atoms with E-state index in [1.54, 1.807) is 0 Å². The molecule has 0 radical (unpaired) electrons. The van der Waals surface area contributed by atoms with Crippen LogP contribution in [0.1, 0.15) is 44.9 Å². The smallest absolute Gasteiger partial charge is 0.126 e. The maximum atomic E-state index is 11.1. The molecular weight excluding hydrogens is 164 g/mol. The van der Waals surface area contributed by atoms with E-state index in [4.69, 9.17) is 4.74 Å². The molecule has 1 unspecified atom stereocenters. The average molecular weight is 182 g/mol. The van der Waals surface area contributed by atoms with Gasteiger partial charge in [0, 0.05) is 12.0 Å². The summed E-state index contributed by atoms with van der Waals surface area (Å²) in [6.45, 7) is 0.902. The Kier molecular flexibility index (Phi) is 2.68. The Labute approximate surface area is 79.7 Å². The zero-order chi connectivity index (χ0) is 9.15. The molecule has 0 amide bonds. The van der Waals surface area contributed by atoms with Gasteiger partial charge in [-0.3, -0.25) is 0 Å². The van der Waals surface area contributed by atoms with Gasteiger partial charge in [-0.1, -0.05) is 12.8 Å². The van der Waals surface area contributed by atoms with E-state index in [2.05, 4.69) is 0 Å². The largest absolute Gasteiger partial charge is 0.378 e. The minimum atomic E-state index is -0.00495. The first-order chi connectivity index (χ1) is 6.35. The number of hydrogen-bond donors (Lipinski definition) is 0. The SMILES string of the molecule is O=CC1(CC2CCCO2)CCCC1. The second kappa shape index (κ2) is 3.79. The maximum Gasteiger partial charge on any atom is 0.126 e. The van der Waals surface area contributed by atoms with Gasteiger partial charge in [-0.25, -0.2) is 0 Å². The van der Waals surface area contributed by atoms with Crippen molar-refractivity contribution in [3.8, 4) is 0 Å². The maximum absolute atomic E-state index is 11.1. The molecule has 2 heteroatoms. The van der Waals surface area contributed by atoms with Crippen molar-refractivity contribution in [3.63, 3.8) is 0 Å². The number of hydrogen-bond acceptors (Lipinski definition) is 2. The quantitative estimate of drug-likeness (QED) is 0.626. The molecule has 13 heavy (non-hydrogen) atoms. The lowest BCUT2D eigenvalue weighted by Crippen LogP contribution is -2.24. The Hall–Kier alpha value is -0.370. The van der Waals surface area contributed by atoms with Crippen molar-refractivity contribution in [1.82, 2.24) is 0 Å². The molecule has 1 aliphatic carbocycles. The number of carbonyl (C=O) groups excluding carboxylic acids is 1. The van der Waals surface area contributed by atoms with Crippen molar-refractivity contribution in [2.45, 2.75) is 51.0 Å². The number of rotatable bonds is 3. The van der Waals surface area contributed by atoms with Gasteiger partial charge in [0.25, 0.3) is 0 Å². The Morgan fingerprint density at radius 3 is 2.62 bits per heavy atom. The molecule has 2 nitrogen and oxygen atoms in total. The normalized spacial score (nSPS) is 32.2. The van der Waals surface area contributed by atoms with Gasteiger partial charge in [-0.15, -0.1) is 0 Å². The van der Waals surface area contributed by atoms with Crippen LogP contribution in [0.5, 0.6) is 0 Å². The fourth-order valence-corrected chi connectivity index (χ4v) is 2.71. The van der Waals surface area contributed by atoms with Crippen LogP contribution in [0.15, 0.2) is 0 Å². The van der Waals surface area contributed by atoms with Gasteiger partial charge < -0.3 is 9.53 Å². The summed E-state index contributed by atoms with van der Waals surface area (Å²) in [5.41, 5.74) is -0.00495. The molecule has 1 atom stereocenters. The molecule has 0 N–H and O–H groups in total. The van der Waals surface area contributed by atoms with E-state index < -0.39 is 0 Å². The molecule has 0 aromatic rings. The van der Waals surface area contributed by atoms with Crippen molar-refractivity contribution >= 4 is 6.29 Å². The van der Waals surface area contributed by atoms with Crippen LogP contribution >= 0.6 is 0 Å². The summed E-state index contributed by atoms with van der Waals surface area (Å²) in [6.07, 6.45) is 9.54. The Morgan fingerprint density at radius 2 is 2.08 bits per heavy atom. The molecular formula is C11H18O2. The standard InChI is InChI=1S/C11H18O2/c12-9-11(5-1-2-6-11)8-10-4-3-7-13-10/h9-10H,1-8H2. The molecule has 1 saturated heterocycles. The summed E-state index contributed by atoms with van der Waals surface area (Å²) >= 11 is 0. The summed E-state index contributed by atoms with van der Waals surface area (Å²) < 4.78 is 5.58. The molecule has 1 saturated carbocycles. The fourth-order valence-electron chi connectivity index (χ4n) is 2.71. The van der Waals surface area contributed by atoms with Gasteiger partial charge in [0.1, 0.15) is 6.29 Å². The van der Waals surface area contributed by atoms with Crippen LogP contribution in [-0.2, 0) is 9.53 Å². The number of aldehydes is 1. The average Bonchev–Trinajstić information content (AvgIpc) is 2.77. The Bertz CT molecular complexity index is 177. The van der Waals surface area contributed by atoms with Crippen LogP contribution in [0, 0.1) is 5.41 Å². The third-order valence-electron chi connectivity index (χ3n) is 3.51. The molecule has 0 aromatic heterocycles. The molecule has 0 aromatic carbocycles. The van der Waals surface area contributed by atoms with Crippen molar-refractivity contribution in [1.29, 1.82) is 0 Å². The molecule has 2 fully saturated rings. The lowest BCUT2D eigenvalue weighted by atomic mass is 9.82. The topological polar surface area (TPSA) is 26.3 Å². The van der Waals surface area contributed by atoms with E-state index in [0.717, 1.165) is 32.3 Å². The van der Waals surface area contributed by atoms with Gasteiger partial charge >= 0.3 is 0 Å². The number of ether oxygens (including phenoxy) is 1. The highest BCUT2D eigenvalue weighted by Gasteiger charge is 2.36. The van der Waals surface area contributed by atoms with Gasteiger partial charge in [-0.2, -0.15) is 0 Å². The minimum Gasteiger partial charge on any atom is -0.378 e. The highest BCUT2D eigenvalue weighted by Crippen LogP contribution is 2.41. The molecule has 2 rings (SSSR count). The van der Waals surface area contributed by atoms with Crippen LogP contribution in [0.3, 0.4) is 0 Å². The van der Waals surface area contributed by atoms with Gasteiger partial charge in [0.15, 0.2) is 0 Å². The lowest BCUT2D eigenvalue weighted by molar-refractivity contribution is -0.117. The second-order valence-electron chi connectivity index (χ2n) is 4.53. The summed E-state index contributed by atoms with van der Waals surface area (Å²) in [5.74, 6) is 0. The van der Waals surface area contributed by atoms with Gasteiger partial charge in [0.2, 0.25) is 0 Å². The van der Waals surface area contributed by atoms with Gasteiger partial charge in [0.05, 0.1) is 6.10 Å². The van der Waals surface area contributed by atoms with Crippen molar-refractivity contribution < 1.29 is 9.53 Å². The van der Waals surface area contributed by atoms with Crippen LogP contribution in [0.4, 0.5) is 0 Å². The van der Waals surface area contributed by atoms with Crippen LogP contribution < -0.4 is 0 Å². The molecule has 0 spiro atoms. The summed E-state index contributed by atoms with van der Waals surface area (Å²) in [5, 5.41) is 0. The fraction of sp³-hybridized carbons (Fsp3) is 0.909. The zero-order valence-corrected chi connectivity index (χ0v) is 8.13. The zero-order valence-electron chi connectivity index (χ0n) is 8.13. The van der Waals surface area contributed by atoms with E-state index in [1.807, 2.05) is 0 Å². The van der Waals surface area contributed by atoms with Crippen LogP contribution in [-0.4, -0.2) is 19.0 Å². The van der Waals surface area contributed by atoms with Crippen molar-refractivity contribution in [3.05, 3.63) is 0 Å². The van der Waals surface area contributed by atoms with Crippen molar-refractivity contribution in [2.75, 3.05) is 6.61 Å². The van der Waals surface area contributed by atoms with Crippen LogP contribution in [0.2, 0.25) is 0 Å². The van der Waals surface area contributed by atoms with Crippen molar-refractivity contribution in [2.24, 2.45) is 5.41 Å². The lowest BCUT2D eigenvalue weighted by Gasteiger charge is -2.24. The highest BCUT2D eigenvalue weighted by molar-refractivity contribution is 5.59. The van der Waals surface area contributed by atoms with E-state index in [0.29, 0.717) is 6.10 Å². The number of carbonyl (C=O) groups is 1.